The number of hydrogen-bond acceptors (Lipinski definition) is 4. The number of carboxylic acids is 2. The molecular formula is C28H36O6. The summed E-state index contributed by atoms with van der Waals surface area (Å²) in [5, 5.41) is 39.9. The molecule has 2 aromatic rings. The number of aliphatic hydroxyl groups is 2. The van der Waals surface area contributed by atoms with Crippen LogP contribution in [-0.4, -0.2) is 32.4 Å². The van der Waals surface area contributed by atoms with Crippen LogP contribution < -0.4 is 0 Å². The second-order valence-corrected chi connectivity index (χ2v) is 9.54. The van der Waals surface area contributed by atoms with E-state index in [1.54, 1.807) is 48.5 Å². The topological polar surface area (TPSA) is 115 Å². The van der Waals surface area contributed by atoms with Crippen LogP contribution in [0.1, 0.15) is 75.3 Å². The third-order valence-corrected chi connectivity index (χ3v) is 7.47. The molecule has 0 aromatic heterocycles. The number of benzene rings is 2. The molecule has 2 fully saturated rings. The van der Waals surface area contributed by atoms with Crippen molar-refractivity contribution in [1.29, 1.82) is 0 Å². The van der Waals surface area contributed by atoms with E-state index in [9.17, 15) is 30.0 Å². The minimum absolute atomic E-state index is 0.170. The van der Waals surface area contributed by atoms with E-state index < -0.39 is 23.1 Å². The second kappa shape index (κ2) is 11.6. The quantitative estimate of drug-likeness (QED) is 0.470. The standard InChI is InChI=1S/2C14H18O3/c2*15-13(16)14(17,11-7-3-1-4-8-11)12-9-5-2-6-10-12/h2*1,3-4,7-8,12,17H,2,5-6,9-10H2,(H,15,16). The van der Waals surface area contributed by atoms with Crippen LogP contribution in [0.5, 0.6) is 0 Å². The van der Waals surface area contributed by atoms with E-state index in [0.29, 0.717) is 11.1 Å². The van der Waals surface area contributed by atoms with Gasteiger partial charge in [-0.25, -0.2) is 9.59 Å². The fourth-order valence-electron chi connectivity index (χ4n) is 5.49. The summed E-state index contributed by atoms with van der Waals surface area (Å²) < 4.78 is 0. The molecule has 0 saturated heterocycles. The van der Waals surface area contributed by atoms with Crippen molar-refractivity contribution >= 4 is 11.9 Å². The van der Waals surface area contributed by atoms with Crippen LogP contribution >= 0.6 is 0 Å². The third-order valence-electron chi connectivity index (χ3n) is 7.47. The van der Waals surface area contributed by atoms with E-state index in [4.69, 9.17) is 0 Å². The van der Waals surface area contributed by atoms with Gasteiger partial charge in [-0.3, -0.25) is 0 Å². The summed E-state index contributed by atoms with van der Waals surface area (Å²) in [4.78, 5) is 22.9. The van der Waals surface area contributed by atoms with Gasteiger partial charge < -0.3 is 20.4 Å². The minimum atomic E-state index is -1.72. The third kappa shape index (κ3) is 5.50. The first-order chi connectivity index (χ1) is 16.3. The van der Waals surface area contributed by atoms with Gasteiger partial charge in [-0.05, 0) is 36.8 Å². The van der Waals surface area contributed by atoms with E-state index in [-0.39, 0.29) is 11.8 Å². The lowest BCUT2D eigenvalue weighted by molar-refractivity contribution is -0.169. The maximum absolute atomic E-state index is 11.5. The van der Waals surface area contributed by atoms with Gasteiger partial charge in [0.15, 0.2) is 11.2 Å². The van der Waals surface area contributed by atoms with Gasteiger partial charge in [0.1, 0.15) is 0 Å². The summed E-state index contributed by atoms with van der Waals surface area (Å²) >= 11 is 0. The van der Waals surface area contributed by atoms with Crippen molar-refractivity contribution in [2.75, 3.05) is 0 Å². The van der Waals surface area contributed by atoms with Gasteiger partial charge in [0.25, 0.3) is 0 Å². The highest BCUT2D eigenvalue weighted by molar-refractivity contribution is 5.80. The summed E-state index contributed by atoms with van der Waals surface area (Å²) in [5.41, 5.74) is -2.44. The van der Waals surface area contributed by atoms with Crippen LogP contribution in [0.2, 0.25) is 0 Å². The first-order valence-electron chi connectivity index (χ1n) is 12.3. The zero-order valence-corrected chi connectivity index (χ0v) is 19.6. The number of carbonyl (C=O) groups is 2. The Morgan fingerprint density at radius 3 is 1.12 bits per heavy atom. The van der Waals surface area contributed by atoms with Crippen molar-refractivity contribution < 1.29 is 30.0 Å². The van der Waals surface area contributed by atoms with Crippen LogP contribution in [0.3, 0.4) is 0 Å². The SMILES string of the molecule is O=C(O)C(O)(c1ccccc1)C1CCCCC1.O=C(O)C(O)(c1ccccc1)C1CCCCC1. The molecule has 0 radical (unpaired) electrons. The molecule has 4 rings (SSSR count). The fraction of sp³-hybridized carbons (Fsp3) is 0.500. The van der Waals surface area contributed by atoms with Crippen LogP contribution in [0, 0.1) is 11.8 Å². The lowest BCUT2D eigenvalue weighted by atomic mass is 9.73. The smallest absolute Gasteiger partial charge is 0.340 e. The summed E-state index contributed by atoms with van der Waals surface area (Å²) in [6.45, 7) is 0. The summed E-state index contributed by atoms with van der Waals surface area (Å²) in [6.07, 6.45) is 9.47. The fourth-order valence-corrected chi connectivity index (χ4v) is 5.49. The molecule has 2 unspecified atom stereocenters. The molecule has 0 bridgehead atoms. The van der Waals surface area contributed by atoms with Crippen molar-refractivity contribution in [3.05, 3.63) is 71.8 Å². The summed E-state index contributed by atoms with van der Waals surface area (Å²) in [5.74, 6) is -2.60. The maximum atomic E-state index is 11.5. The molecular weight excluding hydrogens is 432 g/mol. The Balaban J connectivity index is 0.000000191. The molecule has 6 heteroatoms. The van der Waals surface area contributed by atoms with Gasteiger partial charge in [-0.15, -0.1) is 0 Å². The molecule has 0 amide bonds. The van der Waals surface area contributed by atoms with Crippen LogP contribution in [0.4, 0.5) is 0 Å². The molecule has 6 nitrogen and oxygen atoms in total. The minimum Gasteiger partial charge on any atom is -0.479 e. The molecule has 0 heterocycles. The van der Waals surface area contributed by atoms with Gasteiger partial charge in [-0.1, -0.05) is 99.2 Å². The number of carboxylic acid groups (broad SMARTS) is 2. The normalized spacial score (nSPS) is 20.8. The highest BCUT2D eigenvalue weighted by atomic mass is 16.4. The molecule has 2 aliphatic rings. The Bertz CT molecular complexity index is 841. The highest BCUT2D eigenvalue weighted by Crippen LogP contribution is 2.40. The molecule has 34 heavy (non-hydrogen) atoms. The zero-order chi connectivity index (χ0) is 24.6. The molecule has 4 N–H and O–H groups in total. The van der Waals surface area contributed by atoms with Crippen LogP contribution in [-0.2, 0) is 20.8 Å². The van der Waals surface area contributed by atoms with E-state index >= 15 is 0 Å². The predicted octanol–water partition coefficient (Wildman–Crippen LogP) is 5.08. The van der Waals surface area contributed by atoms with E-state index in [1.165, 1.54) is 0 Å². The van der Waals surface area contributed by atoms with E-state index in [2.05, 4.69) is 0 Å². The molecule has 2 aliphatic carbocycles. The van der Waals surface area contributed by atoms with Crippen molar-refractivity contribution in [2.45, 2.75) is 75.4 Å². The van der Waals surface area contributed by atoms with Crippen molar-refractivity contribution in [2.24, 2.45) is 11.8 Å². The van der Waals surface area contributed by atoms with Gasteiger partial charge in [0.2, 0.25) is 0 Å². The first kappa shape index (κ1) is 25.9. The Labute approximate surface area is 201 Å². The lowest BCUT2D eigenvalue weighted by Gasteiger charge is -2.35. The molecule has 0 spiro atoms. The predicted molar refractivity (Wildman–Crippen MR) is 129 cm³/mol. The number of aliphatic carboxylic acids is 2. The zero-order valence-electron chi connectivity index (χ0n) is 19.6. The monoisotopic (exact) mass is 468 g/mol. The van der Waals surface area contributed by atoms with Crippen molar-refractivity contribution in [1.82, 2.24) is 0 Å². The highest BCUT2D eigenvalue weighted by Gasteiger charge is 2.46. The molecule has 0 aliphatic heterocycles. The summed E-state index contributed by atoms with van der Waals surface area (Å²) in [7, 11) is 0. The van der Waals surface area contributed by atoms with Crippen molar-refractivity contribution in [3.8, 4) is 0 Å². The van der Waals surface area contributed by atoms with Crippen molar-refractivity contribution in [3.63, 3.8) is 0 Å². The maximum Gasteiger partial charge on any atom is 0.340 e. The molecule has 184 valence electrons. The van der Waals surface area contributed by atoms with Gasteiger partial charge in [0.05, 0.1) is 0 Å². The summed E-state index contributed by atoms with van der Waals surface area (Å²) in [6, 6.07) is 17.5. The number of rotatable bonds is 6. The largest absolute Gasteiger partial charge is 0.479 e. The van der Waals surface area contributed by atoms with E-state index in [0.717, 1.165) is 64.2 Å². The van der Waals surface area contributed by atoms with Gasteiger partial charge in [0, 0.05) is 11.8 Å². The van der Waals surface area contributed by atoms with Crippen LogP contribution in [0.25, 0.3) is 0 Å². The Hall–Kier alpha value is -2.70. The van der Waals surface area contributed by atoms with Gasteiger partial charge >= 0.3 is 11.9 Å². The van der Waals surface area contributed by atoms with Gasteiger partial charge in [-0.2, -0.15) is 0 Å². The van der Waals surface area contributed by atoms with Crippen LogP contribution in [0.15, 0.2) is 60.7 Å². The average Bonchev–Trinajstić information content (AvgIpc) is 2.90. The Kier molecular flexibility index (Phi) is 8.86. The molecule has 2 aromatic carbocycles. The number of hydrogen-bond donors (Lipinski definition) is 4. The molecule has 2 atom stereocenters. The molecule has 2 saturated carbocycles. The Morgan fingerprint density at radius 2 is 0.853 bits per heavy atom. The van der Waals surface area contributed by atoms with E-state index in [1.807, 2.05) is 12.1 Å². The first-order valence-corrected chi connectivity index (χ1v) is 12.3. The lowest BCUT2D eigenvalue weighted by Crippen LogP contribution is -2.43. The Morgan fingerprint density at radius 1 is 0.559 bits per heavy atom. The second-order valence-electron chi connectivity index (χ2n) is 9.54. The average molecular weight is 469 g/mol.